The predicted octanol–water partition coefficient (Wildman–Crippen LogP) is 2.81. The second-order valence-electron chi connectivity index (χ2n) is 6.59. The highest BCUT2D eigenvalue weighted by molar-refractivity contribution is 7.85. The van der Waals surface area contributed by atoms with Crippen LogP contribution in [0.1, 0.15) is 41.4 Å². The van der Waals surface area contributed by atoms with Gasteiger partial charge in [-0.25, -0.2) is 27.6 Å². The molecule has 174 valence electrons. The summed E-state index contributed by atoms with van der Waals surface area (Å²) < 4.78 is 26.4. The fourth-order valence-electron chi connectivity index (χ4n) is 3.05. The van der Waals surface area contributed by atoms with E-state index in [1.165, 1.54) is 36.4 Å². The van der Waals surface area contributed by atoms with Gasteiger partial charge in [0.1, 0.15) is 0 Å². The zero-order valence-corrected chi connectivity index (χ0v) is 18.5. The first-order chi connectivity index (χ1) is 16.0. The molecule has 0 fully saturated rings. The Balaban J connectivity index is 2.29. The van der Waals surface area contributed by atoms with E-state index in [0.29, 0.717) is 0 Å². The van der Waals surface area contributed by atoms with Gasteiger partial charge in [0.05, 0.1) is 63.4 Å². The van der Waals surface area contributed by atoms with E-state index in [1.807, 2.05) is 0 Å². The first-order valence-electron chi connectivity index (χ1n) is 9.17. The molecule has 2 atom stereocenters. The summed E-state index contributed by atoms with van der Waals surface area (Å²) in [5.41, 5.74) is -2.12. The number of benzene rings is 3. The first-order valence-corrected chi connectivity index (χ1v) is 11.5. The molecule has 2 unspecified atom stereocenters. The van der Waals surface area contributed by atoms with Crippen molar-refractivity contribution >= 4 is 45.5 Å². The third-order valence-corrected chi connectivity index (χ3v) is 7.56. The Bertz CT molecular complexity index is 1300. The van der Waals surface area contributed by atoms with Gasteiger partial charge in [-0.1, -0.05) is 24.3 Å². The Morgan fingerprint density at radius 2 is 0.765 bits per heavy atom. The molecule has 0 heterocycles. The lowest BCUT2D eigenvalue weighted by Crippen LogP contribution is -2.14. The number of rotatable bonds is 8. The molecule has 0 bridgehead atoms. The van der Waals surface area contributed by atoms with Crippen LogP contribution in [-0.2, 0) is 21.6 Å². The molecule has 0 radical (unpaired) electrons. The minimum Gasteiger partial charge on any atom is -0.478 e. The van der Waals surface area contributed by atoms with Crippen molar-refractivity contribution in [2.24, 2.45) is 0 Å². The van der Waals surface area contributed by atoms with E-state index in [4.69, 9.17) is 0 Å². The molecular weight excluding hydrogens is 488 g/mol. The van der Waals surface area contributed by atoms with Gasteiger partial charge in [0, 0.05) is 0 Å². The average molecular weight is 502 g/mol. The van der Waals surface area contributed by atoms with Gasteiger partial charge in [0.25, 0.3) is 0 Å². The van der Waals surface area contributed by atoms with Crippen LogP contribution in [0.15, 0.2) is 80.2 Å². The maximum absolute atomic E-state index is 13.2. The van der Waals surface area contributed by atoms with Crippen LogP contribution in [-0.4, -0.2) is 52.7 Å². The Morgan fingerprint density at radius 1 is 0.471 bits per heavy atom. The fourth-order valence-corrected chi connectivity index (χ4v) is 5.78. The molecule has 0 saturated heterocycles. The van der Waals surface area contributed by atoms with Crippen molar-refractivity contribution < 1.29 is 48.0 Å². The van der Waals surface area contributed by atoms with E-state index in [-0.39, 0.29) is 20.9 Å². The van der Waals surface area contributed by atoms with Crippen LogP contribution in [0.25, 0.3) is 0 Å². The van der Waals surface area contributed by atoms with Gasteiger partial charge in [0.2, 0.25) is 0 Å². The molecule has 0 aliphatic carbocycles. The summed E-state index contributed by atoms with van der Waals surface area (Å²) in [6.45, 7) is 0. The predicted molar refractivity (Wildman–Crippen MR) is 117 cm³/mol. The zero-order chi connectivity index (χ0) is 25.2. The lowest BCUT2D eigenvalue weighted by atomic mass is 10.1. The van der Waals surface area contributed by atoms with Crippen molar-refractivity contribution in [2.75, 3.05) is 0 Å². The third-order valence-electron chi connectivity index (χ3n) is 4.58. The number of hydrogen-bond donors (Lipinski definition) is 4. The number of hydrogen-bond acceptors (Lipinski definition) is 6. The maximum atomic E-state index is 13.2. The zero-order valence-electron chi connectivity index (χ0n) is 16.8. The average Bonchev–Trinajstić information content (AvgIpc) is 2.82. The van der Waals surface area contributed by atoms with Crippen molar-refractivity contribution in [3.63, 3.8) is 0 Å². The SMILES string of the molecule is O=C(O)c1ccccc1S(=O)c1cc(C(=O)O)c(S(=O)c2ccccc2C(=O)O)cc1C(=O)O. The monoisotopic (exact) mass is 502 g/mol. The van der Waals surface area contributed by atoms with E-state index in [1.54, 1.807) is 0 Å². The summed E-state index contributed by atoms with van der Waals surface area (Å²) in [6, 6.07) is 11.7. The Labute approximate surface area is 196 Å². The molecule has 0 aliphatic rings. The molecular formula is C22H14O10S2. The second-order valence-corrected chi connectivity index (χ2v) is 9.43. The molecule has 3 aromatic carbocycles. The normalized spacial score (nSPS) is 12.5. The standard InChI is InChI=1S/C22H14O10S2/c23-19(24)11-5-1-3-7-15(11)33(31)17-9-14(22(29)30)18(10-13(17)21(27)28)34(32)16-8-4-2-6-12(16)20(25)26/h1-10H,(H,23,24)(H,25,26)(H,27,28)(H,29,30). The van der Waals surface area contributed by atoms with E-state index in [0.717, 1.165) is 24.3 Å². The molecule has 0 amide bonds. The van der Waals surface area contributed by atoms with Crippen molar-refractivity contribution in [1.82, 2.24) is 0 Å². The molecule has 34 heavy (non-hydrogen) atoms. The number of carboxylic acid groups (broad SMARTS) is 4. The lowest BCUT2D eigenvalue weighted by Gasteiger charge is -2.14. The van der Waals surface area contributed by atoms with Crippen molar-refractivity contribution in [3.8, 4) is 0 Å². The molecule has 0 aromatic heterocycles. The van der Waals surface area contributed by atoms with Crippen LogP contribution < -0.4 is 0 Å². The summed E-state index contributed by atoms with van der Waals surface area (Å²) in [5, 5.41) is 38.1. The molecule has 3 rings (SSSR count). The van der Waals surface area contributed by atoms with Crippen LogP contribution in [0.5, 0.6) is 0 Å². The Kier molecular flexibility index (Phi) is 7.03. The largest absolute Gasteiger partial charge is 0.478 e. The van der Waals surface area contributed by atoms with Crippen molar-refractivity contribution in [2.45, 2.75) is 19.6 Å². The molecule has 0 spiro atoms. The maximum Gasteiger partial charge on any atom is 0.336 e. The first kappa shape index (κ1) is 24.5. The van der Waals surface area contributed by atoms with E-state index < -0.39 is 66.4 Å². The summed E-state index contributed by atoms with van der Waals surface area (Å²) in [5.74, 6) is -6.14. The third kappa shape index (κ3) is 4.63. The van der Waals surface area contributed by atoms with Gasteiger partial charge in [-0.15, -0.1) is 0 Å². The Morgan fingerprint density at radius 3 is 1.06 bits per heavy atom. The van der Waals surface area contributed by atoms with E-state index >= 15 is 0 Å². The van der Waals surface area contributed by atoms with Crippen LogP contribution in [0.2, 0.25) is 0 Å². The molecule has 12 heteroatoms. The molecule has 3 aromatic rings. The number of aromatic carboxylic acids is 4. The summed E-state index contributed by atoms with van der Waals surface area (Å²) in [6.07, 6.45) is 0. The fraction of sp³-hybridized carbons (Fsp3) is 0. The molecule has 0 saturated carbocycles. The number of carbonyl (C=O) groups is 4. The smallest absolute Gasteiger partial charge is 0.336 e. The van der Waals surface area contributed by atoms with Crippen LogP contribution in [0.4, 0.5) is 0 Å². The Hall–Kier alpha value is -4.16. The number of carboxylic acids is 4. The van der Waals surface area contributed by atoms with Gasteiger partial charge in [-0.05, 0) is 36.4 Å². The van der Waals surface area contributed by atoms with Gasteiger partial charge in [0.15, 0.2) is 0 Å². The van der Waals surface area contributed by atoms with Gasteiger partial charge in [-0.3, -0.25) is 0 Å². The van der Waals surface area contributed by atoms with Crippen LogP contribution >= 0.6 is 0 Å². The lowest BCUT2D eigenvalue weighted by molar-refractivity contribution is 0.0674. The minimum absolute atomic E-state index is 0.265. The summed E-state index contributed by atoms with van der Waals surface area (Å²) >= 11 is 0. The topological polar surface area (TPSA) is 183 Å². The summed E-state index contributed by atoms with van der Waals surface area (Å²) in [7, 11) is -4.87. The van der Waals surface area contributed by atoms with Gasteiger partial charge in [-0.2, -0.15) is 0 Å². The highest BCUT2D eigenvalue weighted by Gasteiger charge is 2.28. The van der Waals surface area contributed by atoms with E-state index in [2.05, 4.69) is 0 Å². The van der Waals surface area contributed by atoms with Crippen LogP contribution in [0.3, 0.4) is 0 Å². The molecule has 4 N–H and O–H groups in total. The van der Waals surface area contributed by atoms with Crippen molar-refractivity contribution in [3.05, 3.63) is 82.9 Å². The quantitative estimate of drug-likeness (QED) is 0.357. The minimum atomic E-state index is -2.43. The van der Waals surface area contributed by atoms with Crippen molar-refractivity contribution in [1.29, 1.82) is 0 Å². The second kappa shape index (κ2) is 9.77. The van der Waals surface area contributed by atoms with Gasteiger partial charge >= 0.3 is 23.9 Å². The highest BCUT2D eigenvalue weighted by atomic mass is 32.2. The van der Waals surface area contributed by atoms with Gasteiger partial charge < -0.3 is 20.4 Å². The molecule has 10 nitrogen and oxygen atoms in total. The van der Waals surface area contributed by atoms with E-state index in [9.17, 15) is 48.0 Å². The highest BCUT2D eigenvalue weighted by Crippen LogP contribution is 2.31. The summed E-state index contributed by atoms with van der Waals surface area (Å²) in [4.78, 5) is 45.3. The van der Waals surface area contributed by atoms with Crippen LogP contribution in [0, 0.1) is 0 Å². The molecule has 0 aliphatic heterocycles.